The van der Waals surface area contributed by atoms with Crippen LogP contribution in [0.2, 0.25) is 0 Å². The fourth-order valence-electron chi connectivity index (χ4n) is 4.29. The van der Waals surface area contributed by atoms with Crippen molar-refractivity contribution in [3.8, 4) is 5.75 Å². The summed E-state index contributed by atoms with van der Waals surface area (Å²) in [6.07, 6.45) is 5.32. The van der Waals surface area contributed by atoms with E-state index in [2.05, 4.69) is 10.3 Å². The van der Waals surface area contributed by atoms with E-state index in [4.69, 9.17) is 9.84 Å². The van der Waals surface area contributed by atoms with Crippen molar-refractivity contribution in [3.05, 3.63) is 65.9 Å². The monoisotopic (exact) mass is 448 g/mol. The van der Waals surface area contributed by atoms with E-state index in [1.165, 1.54) is 0 Å². The van der Waals surface area contributed by atoms with Crippen molar-refractivity contribution in [1.82, 2.24) is 10.3 Å². The number of nitrogens with one attached hydrogen (secondary N) is 2. The predicted octanol–water partition coefficient (Wildman–Crippen LogP) is 4.58. The van der Waals surface area contributed by atoms with Crippen LogP contribution >= 0.6 is 0 Å². The van der Waals surface area contributed by atoms with Gasteiger partial charge in [0.1, 0.15) is 5.75 Å². The van der Waals surface area contributed by atoms with E-state index in [-0.39, 0.29) is 23.7 Å². The van der Waals surface area contributed by atoms with Gasteiger partial charge in [0.25, 0.3) is 5.91 Å². The number of carboxylic acid groups (broad SMARTS) is 1. The zero-order valence-corrected chi connectivity index (χ0v) is 18.4. The molecule has 33 heavy (non-hydrogen) atoms. The number of Topliss-reactive ketones (excluding diaryl/α,β-unsaturated/α-hetero) is 1. The van der Waals surface area contributed by atoms with Crippen molar-refractivity contribution >= 4 is 28.6 Å². The Morgan fingerprint density at radius 3 is 2.45 bits per heavy atom. The molecule has 1 aromatic heterocycles. The van der Waals surface area contributed by atoms with Crippen molar-refractivity contribution in [3.63, 3.8) is 0 Å². The van der Waals surface area contributed by atoms with Gasteiger partial charge in [0, 0.05) is 35.6 Å². The van der Waals surface area contributed by atoms with Crippen LogP contribution in [0.1, 0.15) is 59.2 Å². The minimum atomic E-state index is -0.728. The van der Waals surface area contributed by atoms with Gasteiger partial charge < -0.3 is 20.1 Å². The van der Waals surface area contributed by atoms with Crippen molar-refractivity contribution in [2.24, 2.45) is 5.92 Å². The zero-order chi connectivity index (χ0) is 23.2. The average Bonchev–Trinajstić information content (AvgIpc) is 3.27. The number of rotatable bonds is 9. The average molecular weight is 449 g/mol. The summed E-state index contributed by atoms with van der Waals surface area (Å²) in [7, 11) is 0. The van der Waals surface area contributed by atoms with Gasteiger partial charge in [0.15, 0.2) is 5.78 Å². The van der Waals surface area contributed by atoms with Crippen molar-refractivity contribution in [1.29, 1.82) is 0 Å². The summed E-state index contributed by atoms with van der Waals surface area (Å²) in [5, 5.41) is 12.8. The number of aliphatic carboxylic acids is 1. The molecule has 0 saturated heterocycles. The summed E-state index contributed by atoms with van der Waals surface area (Å²) in [5.41, 5.74) is 2.13. The summed E-state index contributed by atoms with van der Waals surface area (Å²) in [6.45, 7) is 0.421. The fraction of sp³-hybridized carbons (Fsp3) is 0.346. The van der Waals surface area contributed by atoms with Crippen LogP contribution in [0.15, 0.2) is 54.7 Å². The Balaban J connectivity index is 1.20. The number of carbonyl (C=O) groups is 3. The normalized spacial score (nSPS) is 18.1. The molecular formula is C26H28N2O5. The molecule has 7 nitrogen and oxygen atoms in total. The van der Waals surface area contributed by atoms with Crippen LogP contribution in [0.25, 0.3) is 10.9 Å². The first-order valence-corrected chi connectivity index (χ1v) is 11.4. The number of fused-ring (bicyclic) bond motifs is 1. The van der Waals surface area contributed by atoms with Gasteiger partial charge in [-0.15, -0.1) is 0 Å². The van der Waals surface area contributed by atoms with Crippen LogP contribution in [0, 0.1) is 5.92 Å². The quantitative estimate of drug-likeness (QED) is 0.328. The molecule has 0 unspecified atom stereocenters. The maximum Gasteiger partial charge on any atom is 0.306 e. The molecule has 4 rings (SSSR count). The van der Waals surface area contributed by atoms with Crippen LogP contribution in [-0.4, -0.2) is 40.4 Å². The van der Waals surface area contributed by atoms with Crippen LogP contribution in [0.4, 0.5) is 0 Å². The van der Waals surface area contributed by atoms with Crippen LogP contribution < -0.4 is 10.1 Å². The van der Waals surface area contributed by atoms with Crippen molar-refractivity contribution in [2.75, 3.05) is 6.54 Å². The number of hydrogen-bond donors (Lipinski definition) is 3. The molecule has 1 amide bonds. The second-order valence-corrected chi connectivity index (χ2v) is 8.48. The first-order valence-electron chi connectivity index (χ1n) is 11.4. The van der Waals surface area contributed by atoms with E-state index in [0.717, 1.165) is 23.7 Å². The lowest BCUT2D eigenvalue weighted by Gasteiger charge is -2.26. The van der Waals surface area contributed by atoms with Crippen molar-refractivity contribution < 1.29 is 24.2 Å². The number of H-pyrrole nitrogens is 1. The van der Waals surface area contributed by atoms with E-state index < -0.39 is 5.97 Å². The van der Waals surface area contributed by atoms with Gasteiger partial charge in [-0.05, 0) is 62.4 Å². The Labute approximate surface area is 192 Å². The third-order valence-corrected chi connectivity index (χ3v) is 6.20. The molecule has 7 heteroatoms. The van der Waals surface area contributed by atoms with Gasteiger partial charge in [0.2, 0.25) is 0 Å². The van der Waals surface area contributed by atoms with E-state index in [9.17, 15) is 14.4 Å². The highest BCUT2D eigenvalue weighted by Gasteiger charge is 2.26. The van der Waals surface area contributed by atoms with Crippen LogP contribution in [0.5, 0.6) is 5.75 Å². The molecular weight excluding hydrogens is 420 g/mol. The highest BCUT2D eigenvalue weighted by molar-refractivity contribution is 6.06. The van der Waals surface area contributed by atoms with Crippen molar-refractivity contribution in [2.45, 2.75) is 44.6 Å². The number of aromatic nitrogens is 1. The van der Waals surface area contributed by atoms with E-state index in [1.807, 2.05) is 24.3 Å². The molecule has 0 aliphatic heterocycles. The SMILES string of the molecule is O=C(CCCNC(=O)c1c[nH]c2ccccc12)c1ccc(OC2CCC(C(=O)O)CC2)cc1. The fourth-order valence-corrected chi connectivity index (χ4v) is 4.29. The lowest BCUT2D eigenvalue weighted by molar-refractivity contribution is -0.143. The van der Waals surface area contributed by atoms with Crippen LogP contribution in [0.3, 0.4) is 0 Å². The Hall–Kier alpha value is -3.61. The van der Waals surface area contributed by atoms with E-state index >= 15 is 0 Å². The summed E-state index contributed by atoms with van der Waals surface area (Å²) in [6, 6.07) is 14.7. The van der Waals surface area contributed by atoms with E-state index in [1.54, 1.807) is 30.5 Å². The number of carboxylic acids is 1. The topological polar surface area (TPSA) is 108 Å². The maximum atomic E-state index is 12.5. The molecule has 1 saturated carbocycles. The molecule has 1 fully saturated rings. The summed E-state index contributed by atoms with van der Waals surface area (Å²) >= 11 is 0. The smallest absolute Gasteiger partial charge is 0.306 e. The van der Waals surface area contributed by atoms with Gasteiger partial charge in [-0.1, -0.05) is 18.2 Å². The van der Waals surface area contributed by atoms with Gasteiger partial charge in [-0.2, -0.15) is 0 Å². The zero-order valence-electron chi connectivity index (χ0n) is 18.4. The maximum absolute atomic E-state index is 12.5. The van der Waals surface area contributed by atoms with E-state index in [0.29, 0.717) is 49.1 Å². The Morgan fingerprint density at radius 1 is 1.00 bits per heavy atom. The Morgan fingerprint density at radius 2 is 1.73 bits per heavy atom. The number of carbonyl (C=O) groups excluding carboxylic acids is 2. The molecule has 3 N–H and O–H groups in total. The van der Waals surface area contributed by atoms with Gasteiger partial charge in [-0.3, -0.25) is 14.4 Å². The first kappa shape index (κ1) is 22.6. The second-order valence-electron chi connectivity index (χ2n) is 8.48. The van der Waals surface area contributed by atoms with Gasteiger partial charge >= 0.3 is 5.97 Å². The number of amides is 1. The van der Waals surface area contributed by atoms with Crippen LogP contribution in [-0.2, 0) is 4.79 Å². The molecule has 3 aromatic rings. The molecule has 1 aliphatic carbocycles. The Bertz CT molecular complexity index is 1130. The standard InChI is InChI=1S/C26H28N2O5/c29-24(6-3-15-27-25(30)22-16-28-23-5-2-1-4-21(22)23)17-7-11-19(12-8-17)33-20-13-9-18(10-14-20)26(31)32/h1-2,4-5,7-8,11-12,16,18,20,28H,3,6,9-10,13-15H2,(H,27,30)(H,31,32). The largest absolute Gasteiger partial charge is 0.490 e. The summed E-state index contributed by atoms with van der Waals surface area (Å²) in [5.74, 6) is -0.439. The lowest BCUT2D eigenvalue weighted by atomic mass is 9.87. The third-order valence-electron chi connectivity index (χ3n) is 6.20. The number of para-hydroxylation sites is 1. The lowest BCUT2D eigenvalue weighted by Crippen LogP contribution is -2.27. The predicted molar refractivity (Wildman–Crippen MR) is 125 cm³/mol. The number of hydrogen-bond acceptors (Lipinski definition) is 4. The minimum absolute atomic E-state index is 0.0166. The molecule has 172 valence electrons. The molecule has 1 aliphatic rings. The number of ketones is 1. The molecule has 0 spiro atoms. The van der Waals surface area contributed by atoms with Gasteiger partial charge in [-0.25, -0.2) is 0 Å². The highest BCUT2D eigenvalue weighted by Crippen LogP contribution is 2.28. The molecule has 2 aromatic carbocycles. The minimum Gasteiger partial charge on any atom is -0.490 e. The number of aromatic amines is 1. The molecule has 1 heterocycles. The second kappa shape index (κ2) is 10.3. The van der Waals surface area contributed by atoms with Gasteiger partial charge in [0.05, 0.1) is 17.6 Å². The molecule has 0 radical (unpaired) electrons. The third kappa shape index (κ3) is 5.61. The highest BCUT2D eigenvalue weighted by atomic mass is 16.5. The first-order chi connectivity index (χ1) is 16.0. The Kier molecular flexibility index (Phi) is 7.07. The number of ether oxygens (including phenoxy) is 1. The summed E-state index contributed by atoms with van der Waals surface area (Å²) < 4.78 is 5.95. The molecule has 0 atom stereocenters. The molecule has 0 bridgehead atoms. The summed E-state index contributed by atoms with van der Waals surface area (Å²) in [4.78, 5) is 39.0. The number of benzene rings is 2.